The van der Waals surface area contributed by atoms with Gasteiger partial charge in [0.1, 0.15) is 0 Å². The van der Waals surface area contributed by atoms with Crippen LogP contribution in [0.3, 0.4) is 0 Å². The molecule has 0 aliphatic heterocycles. The van der Waals surface area contributed by atoms with Crippen molar-refractivity contribution in [3.63, 3.8) is 0 Å². The van der Waals surface area contributed by atoms with E-state index in [1.54, 1.807) is 0 Å². The van der Waals surface area contributed by atoms with Gasteiger partial charge in [0.15, 0.2) is 0 Å². The van der Waals surface area contributed by atoms with Gasteiger partial charge in [-0.25, -0.2) is 0 Å². The van der Waals surface area contributed by atoms with Crippen LogP contribution in [0, 0.1) is 0 Å². The Morgan fingerprint density at radius 3 is 1.14 bits per heavy atom. The van der Waals surface area contributed by atoms with Gasteiger partial charge in [0.25, 0.3) is 0 Å². The maximum absolute atomic E-state index is 6.20. The average Bonchev–Trinajstić information content (AvgIpc) is 3.14. The van der Waals surface area contributed by atoms with Crippen molar-refractivity contribution in [3.8, 4) is 33.4 Å². The number of hydrogen-bond acceptors (Lipinski definition) is 0. The Morgan fingerprint density at radius 1 is 0.486 bits per heavy atom. The van der Waals surface area contributed by atoms with Gasteiger partial charge in [-0.1, -0.05) is 89.0 Å². The highest BCUT2D eigenvalue weighted by atomic mass is 35.5. The molecule has 0 atom stereocenters. The summed E-state index contributed by atoms with van der Waals surface area (Å²) < 4.78 is 0. The molecule has 178 valence electrons. The Bertz CT molecular complexity index is 1300. The van der Waals surface area contributed by atoms with E-state index in [-0.39, 0.29) is 10.8 Å². The maximum atomic E-state index is 6.20. The fourth-order valence-corrected chi connectivity index (χ4v) is 5.52. The molecule has 0 radical (unpaired) electrons. The summed E-state index contributed by atoms with van der Waals surface area (Å²) in [5.74, 6) is 0. The molecule has 1 aliphatic rings. The van der Waals surface area contributed by atoms with Crippen molar-refractivity contribution in [2.75, 3.05) is 0 Å². The van der Waals surface area contributed by atoms with E-state index < -0.39 is 0 Å². The number of fused-ring (bicyclic) bond motifs is 3. The van der Waals surface area contributed by atoms with E-state index in [1.165, 1.54) is 55.6 Å². The lowest BCUT2D eigenvalue weighted by Crippen LogP contribution is -2.14. The van der Waals surface area contributed by atoms with E-state index in [0.29, 0.717) is 0 Å². The third kappa shape index (κ3) is 4.55. The number of benzene rings is 4. The second-order valence-electron chi connectivity index (χ2n) is 11.8. The Morgan fingerprint density at radius 2 is 0.829 bits per heavy atom. The van der Waals surface area contributed by atoms with Gasteiger partial charge in [-0.05, 0) is 121 Å². The average molecular weight is 500 g/mol. The molecule has 0 saturated carbocycles. The summed E-state index contributed by atoms with van der Waals surface area (Å²) in [6.45, 7) is 13.8. The summed E-state index contributed by atoms with van der Waals surface area (Å²) in [6, 6.07) is 26.2. The highest BCUT2D eigenvalue weighted by Gasteiger charge is 2.29. The second kappa shape index (κ2) is 8.54. The monoisotopic (exact) mass is 498 g/mol. The van der Waals surface area contributed by atoms with Crippen molar-refractivity contribution in [2.45, 2.75) is 58.8 Å². The Labute approximate surface area is 219 Å². The second-order valence-corrected chi connectivity index (χ2v) is 12.7. The molecular formula is C33H32Cl2. The third-order valence-electron chi connectivity index (χ3n) is 7.08. The van der Waals surface area contributed by atoms with Crippen molar-refractivity contribution in [2.24, 2.45) is 0 Å². The lowest BCUT2D eigenvalue weighted by molar-refractivity contribution is 0.591. The molecule has 5 rings (SSSR count). The summed E-state index contributed by atoms with van der Waals surface area (Å²) in [5, 5.41) is 1.54. The van der Waals surface area contributed by atoms with Gasteiger partial charge in [-0.2, -0.15) is 0 Å². The molecule has 0 saturated heterocycles. The third-order valence-corrected chi connectivity index (χ3v) is 7.59. The van der Waals surface area contributed by atoms with Gasteiger partial charge in [-0.15, -0.1) is 0 Å². The maximum Gasteiger partial charge on any atom is 0.0406 e. The van der Waals surface area contributed by atoms with Crippen LogP contribution in [0.5, 0.6) is 0 Å². The molecule has 1 aliphatic carbocycles. The smallest absolute Gasteiger partial charge is 0.0406 e. The first-order valence-corrected chi connectivity index (χ1v) is 13.0. The zero-order chi connectivity index (χ0) is 25.1. The first-order valence-electron chi connectivity index (χ1n) is 12.3. The SMILES string of the molecule is CC(C)(C)c1cc2c(cc1-c1ccc(Cl)cc1)Cc1cc(-c3ccc(Cl)cc3)c(C(C)(C)C)cc1-2. The first-order chi connectivity index (χ1) is 16.4. The Hall–Kier alpha value is -2.54. The van der Waals surface area contributed by atoms with Gasteiger partial charge in [0.2, 0.25) is 0 Å². The summed E-state index contributed by atoms with van der Waals surface area (Å²) in [6.07, 6.45) is 0.945. The van der Waals surface area contributed by atoms with Gasteiger partial charge >= 0.3 is 0 Å². The van der Waals surface area contributed by atoms with E-state index in [0.717, 1.165) is 16.5 Å². The minimum Gasteiger partial charge on any atom is -0.0843 e. The van der Waals surface area contributed by atoms with Crippen LogP contribution < -0.4 is 0 Å². The van der Waals surface area contributed by atoms with Crippen molar-refractivity contribution in [1.82, 2.24) is 0 Å². The van der Waals surface area contributed by atoms with E-state index in [4.69, 9.17) is 23.2 Å². The van der Waals surface area contributed by atoms with Gasteiger partial charge in [-0.3, -0.25) is 0 Å². The summed E-state index contributed by atoms with van der Waals surface area (Å²) in [4.78, 5) is 0. The summed E-state index contributed by atoms with van der Waals surface area (Å²) in [5.41, 5.74) is 13.3. The van der Waals surface area contributed by atoms with Crippen molar-refractivity contribution < 1.29 is 0 Å². The normalized spacial score (nSPS) is 13.0. The minimum atomic E-state index is 0.0167. The zero-order valence-corrected chi connectivity index (χ0v) is 22.9. The highest BCUT2D eigenvalue weighted by Crippen LogP contribution is 2.47. The van der Waals surface area contributed by atoms with E-state index in [9.17, 15) is 0 Å². The van der Waals surface area contributed by atoms with Crippen molar-refractivity contribution in [3.05, 3.63) is 105 Å². The lowest BCUT2D eigenvalue weighted by atomic mass is 9.78. The van der Waals surface area contributed by atoms with Crippen LogP contribution in [-0.4, -0.2) is 0 Å². The Kier molecular flexibility index (Phi) is 5.90. The topological polar surface area (TPSA) is 0 Å². The standard InChI is InChI=1S/C33H32Cl2/c1-32(2,3)30-18-26-22(16-28(30)20-7-11-24(34)12-8-20)15-23-17-29(21-9-13-25(35)14-10-21)31(19-27(23)26)33(4,5)6/h7-14,16-19H,15H2,1-6H3. The van der Waals surface area contributed by atoms with Gasteiger partial charge in [0.05, 0.1) is 0 Å². The van der Waals surface area contributed by atoms with Crippen molar-refractivity contribution in [1.29, 1.82) is 0 Å². The molecule has 0 nitrogen and oxygen atoms in total. The molecule has 0 bridgehead atoms. The van der Waals surface area contributed by atoms with E-state index in [1.807, 2.05) is 24.3 Å². The number of rotatable bonds is 2. The molecule has 4 aromatic rings. The Balaban J connectivity index is 1.72. The minimum absolute atomic E-state index is 0.0167. The zero-order valence-electron chi connectivity index (χ0n) is 21.4. The quantitative estimate of drug-likeness (QED) is 0.227. The predicted molar refractivity (Wildman–Crippen MR) is 153 cm³/mol. The summed E-state index contributed by atoms with van der Waals surface area (Å²) >= 11 is 12.4. The first kappa shape index (κ1) is 24.2. The molecule has 0 heterocycles. The van der Waals surface area contributed by atoms with Gasteiger partial charge in [0, 0.05) is 10.0 Å². The molecule has 35 heavy (non-hydrogen) atoms. The molecular weight excluding hydrogens is 467 g/mol. The number of halogens is 2. The fraction of sp³-hybridized carbons (Fsp3) is 0.273. The van der Waals surface area contributed by atoms with E-state index in [2.05, 4.69) is 90.1 Å². The highest BCUT2D eigenvalue weighted by molar-refractivity contribution is 6.30. The van der Waals surface area contributed by atoms with Crippen LogP contribution in [0.25, 0.3) is 33.4 Å². The molecule has 0 N–H and O–H groups in total. The van der Waals surface area contributed by atoms with Crippen LogP contribution in [0.15, 0.2) is 72.8 Å². The molecule has 0 amide bonds. The largest absolute Gasteiger partial charge is 0.0843 e. The van der Waals surface area contributed by atoms with Crippen LogP contribution in [0.1, 0.15) is 63.8 Å². The van der Waals surface area contributed by atoms with Crippen molar-refractivity contribution >= 4 is 23.2 Å². The van der Waals surface area contributed by atoms with Crippen LogP contribution in [0.2, 0.25) is 10.0 Å². The van der Waals surface area contributed by atoms with Gasteiger partial charge < -0.3 is 0 Å². The molecule has 0 unspecified atom stereocenters. The summed E-state index contributed by atoms with van der Waals surface area (Å²) in [7, 11) is 0. The molecule has 0 fully saturated rings. The van der Waals surface area contributed by atoms with Crippen LogP contribution >= 0.6 is 23.2 Å². The lowest BCUT2D eigenvalue weighted by Gasteiger charge is -2.26. The number of hydrogen-bond donors (Lipinski definition) is 0. The van der Waals surface area contributed by atoms with Crippen LogP contribution in [-0.2, 0) is 17.3 Å². The fourth-order valence-electron chi connectivity index (χ4n) is 5.27. The molecule has 4 aromatic carbocycles. The predicted octanol–water partition coefficient (Wildman–Crippen LogP) is 10.5. The molecule has 2 heteroatoms. The molecule has 0 spiro atoms. The molecule has 0 aromatic heterocycles. The van der Waals surface area contributed by atoms with E-state index >= 15 is 0 Å². The van der Waals surface area contributed by atoms with Crippen LogP contribution in [0.4, 0.5) is 0 Å².